The Hall–Kier alpha value is -1.95. The van der Waals surface area contributed by atoms with E-state index in [1.807, 2.05) is 20.8 Å². The van der Waals surface area contributed by atoms with Crippen LogP contribution in [0.15, 0.2) is 18.2 Å². The average molecular weight is 484 g/mol. The summed E-state index contributed by atoms with van der Waals surface area (Å²) in [7, 11) is 0. The summed E-state index contributed by atoms with van der Waals surface area (Å²) in [6.45, 7) is 6.22. The van der Waals surface area contributed by atoms with Crippen molar-refractivity contribution in [3.63, 3.8) is 0 Å². The van der Waals surface area contributed by atoms with Crippen LogP contribution in [-0.4, -0.2) is 87.0 Å². The van der Waals surface area contributed by atoms with Crippen LogP contribution >= 0.6 is 0 Å². The molecule has 1 aliphatic carbocycles. The van der Waals surface area contributed by atoms with Gasteiger partial charge in [-0.1, -0.05) is 12.8 Å². The van der Waals surface area contributed by atoms with Gasteiger partial charge in [0.15, 0.2) is 12.4 Å². The molecule has 10 heteroatoms. The summed E-state index contributed by atoms with van der Waals surface area (Å²) < 4.78 is 17.2. The molecule has 10 nitrogen and oxygen atoms in total. The zero-order valence-electron chi connectivity index (χ0n) is 19.9. The molecule has 1 aliphatic heterocycles. The van der Waals surface area contributed by atoms with E-state index < -0.39 is 42.8 Å². The largest absolute Gasteiger partial charge is 0.508 e. The fraction of sp³-hybridized carbons (Fsp3) is 0.708. The first-order chi connectivity index (χ1) is 16.0. The molecule has 0 radical (unpaired) electrons. The van der Waals surface area contributed by atoms with Crippen molar-refractivity contribution in [3.05, 3.63) is 23.8 Å². The molecular weight excluding hydrogens is 446 g/mol. The van der Waals surface area contributed by atoms with E-state index in [0.29, 0.717) is 11.7 Å². The smallest absolute Gasteiger partial charge is 0.335 e. The summed E-state index contributed by atoms with van der Waals surface area (Å²) in [6, 6.07) is 4.99. The SMILES string of the molecule is CC(C)(C)NC[C@H](COc1ccc(O)cc1C1CCCC1)O[C@H]1O[C@H](C(=O)O)[C@@H](O)[C@H](O)[C@H]1O. The highest BCUT2D eigenvalue weighted by Gasteiger charge is 2.48. The van der Waals surface area contributed by atoms with Crippen LogP contribution in [0.4, 0.5) is 0 Å². The highest BCUT2D eigenvalue weighted by Crippen LogP contribution is 2.40. The molecule has 2 aliphatic rings. The fourth-order valence-electron chi connectivity index (χ4n) is 4.33. The second kappa shape index (κ2) is 11.2. The molecule has 3 rings (SSSR count). The molecule has 1 saturated heterocycles. The summed E-state index contributed by atoms with van der Waals surface area (Å²) in [5.74, 6) is -0.385. The minimum atomic E-state index is -1.79. The molecule has 2 fully saturated rings. The third kappa shape index (κ3) is 6.80. The number of carboxylic acid groups (broad SMARTS) is 1. The Morgan fingerprint density at radius 3 is 2.44 bits per heavy atom. The highest BCUT2D eigenvalue weighted by molar-refractivity contribution is 5.73. The summed E-state index contributed by atoms with van der Waals surface area (Å²) in [4.78, 5) is 11.4. The Morgan fingerprint density at radius 1 is 1.15 bits per heavy atom. The zero-order chi connectivity index (χ0) is 25.0. The van der Waals surface area contributed by atoms with E-state index in [4.69, 9.17) is 14.2 Å². The molecule has 1 aromatic carbocycles. The number of aliphatic hydroxyl groups is 3. The number of aliphatic carboxylic acids is 1. The lowest BCUT2D eigenvalue weighted by Crippen LogP contribution is -2.61. The van der Waals surface area contributed by atoms with Gasteiger partial charge in [0.05, 0.1) is 0 Å². The molecule has 6 atom stereocenters. The first-order valence-electron chi connectivity index (χ1n) is 11.7. The summed E-state index contributed by atoms with van der Waals surface area (Å²) >= 11 is 0. The van der Waals surface area contributed by atoms with Crippen LogP contribution in [0.2, 0.25) is 0 Å². The van der Waals surface area contributed by atoms with Crippen molar-refractivity contribution in [2.45, 2.75) is 94.7 Å². The van der Waals surface area contributed by atoms with Gasteiger partial charge >= 0.3 is 5.97 Å². The lowest BCUT2D eigenvalue weighted by molar-refractivity contribution is -0.305. The zero-order valence-corrected chi connectivity index (χ0v) is 19.9. The minimum Gasteiger partial charge on any atom is -0.508 e. The number of carboxylic acids is 1. The van der Waals surface area contributed by atoms with E-state index in [9.17, 15) is 30.3 Å². The average Bonchev–Trinajstić information content (AvgIpc) is 3.30. The highest BCUT2D eigenvalue weighted by atomic mass is 16.7. The molecular formula is C24H37NO9. The maximum atomic E-state index is 11.4. The number of phenols is 1. The maximum absolute atomic E-state index is 11.4. The van der Waals surface area contributed by atoms with Crippen LogP contribution in [0.3, 0.4) is 0 Å². The van der Waals surface area contributed by atoms with E-state index in [1.54, 1.807) is 18.2 Å². The van der Waals surface area contributed by atoms with Crippen molar-refractivity contribution in [2.24, 2.45) is 0 Å². The van der Waals surface area contributed by atoms with Gasteiger partial charge in [-0.15, -0.1) is 0 Å². The lowest BCUT2D eigenvalue weighted by Gasteiger charge is -2.40. The van der Waals surface area contributed by atoms with Crippen molar-refractivity contribution < 1.29 is 44.5 Å². The van der Waals surface area contributed by atoms with Gasteiger partial charge in [-0.25, -0.2) is 4.79 Å². The van der Waals surface area contributed by atoms with Gasteiger partial charge in [0.1, 0.15) is 42.5 Å². The van der Waals surface area contributed by atoms with Crippen molar-refractivity contribution in [2.75, 3.05) is 13.2 Å². The Morgan fingerprint density at radius 2 is 1.82 bits per heavy atom. The molecule has 0 amide bonds. The van der Waals surface area contributed by atoms with Crippen LogP contribution < -0.4 is 10.1 Å². The lowest BCUT2D eigenvalue weighted by atomic mass is 9.96. The van der Waals surface area contributed by atoms with E-state index in [2.05, 4.69) is 5.32 Å². The Labute approximate surface area is 199 Å². The number of nitrogens with one attached hydrogen (secondary N) is 1. The molecule has 1 saturated carbocycles. The van der Waals surface area contributed by atoms with Gasteiger partial charge in [0, 0.05) is 17.6 Å². The third-order valence-electron chi connectivity index (χ3n) is 6.21. The van der Waals surface area contributed by atoms with E-state index in [1.165, 1.54) is 0 Å². The summed E-state index contributed by atoms with van der Waals surface area (Å²) in [5.41, 5.74) is 0.666. The van der Waals surface area contributed by atoms with E-state index >= 15 is 0 Å². The van der Waals surface area contributed by atoms with Crippen LogP contribution in [0, 0.1) is 0 Å². The number of ether oxygens (including phenoxy) is 3. The molecule has 34 heavy (non-hydrogen) atoms. The number of benzene rings is 1. The molecule has 1 heterocycles. The number of rotatable bonds is 9. The Kier molecular flexibility index (Phi) is 8.77. The quantitative estimate of drug-likeness (QED) is 0.300. The standard InChI is InChI=1S/C24H37NO9/c1-24(2,3)25-11-15(33-23-20(29)18(27)19(28)21(34-23)22(30)31)12-32-17-9-8-14(26)10-16(17)13-6-4-5-7-13/h8-10,13,15,18-21,23,25-29H,4-7,11-12H2,1-3H3,(H,30,31)/t15-,18+,19+,20-,21+,23+/m1/s1. The molecule has 0 bridgehead atoms. The van der Waals surface area contributed by atoms with Crippen LogP contribution in [0.25, 0.3) is 0 Å². The van der Waals surface area contributed by atoms with Crippen molar-refractivity contribution in [3.8, 4) is 11.5 Å². The first kappa shape index (κ1) is 26.7. The Balaban J connectivity index is 1.74. The number of phenolic OH excluding ortho intramolecular Hbond substituents is 1. The Bertz CT molecular complexity index is 821. The third-order valence-corrected chi connectivity index (χ3v) is 6.21. The second-order valence-electron chi connectivity index (χ2n) is 10.1. The summed E-state index contributed by atoms with van der Waals surface area (Å²) in [6.07, 6.45) is -4.83. The molecule has 6 N–H and O–H groups in total. The van der Waals surface area contributed by atoms with Gasteiger partial charge < -0.3 is 45.1 Å². The fourth-order valence-corrected chi connectivity index (χ4v) is 4.33. The van der Waals surface area contributed by atoms with Crippen molar-refractivity contribution in [1.29, 1.82) is 0 Å². The van der Waals surface area contributed by atoms with Gasteiger partial charge in [-0.2, -0.15) is 0 Å². The number of carbonyl (C=O) groups is 1. The van der Waals surface area contributed by atoms with Crippen molar-refractivity contribution in [1.82, 2.24) is 5.32 Å². The molecule has 192 valence electrons. The molecule has 0 spiro atoms. The maximum Gasteiger partial charge on any atom is 0.335 e. The molecule has 0 aromatic heterocycles. The van der Waals surface area contributed by atoms with Gasteiger partial charge in [0.25, 0.3) is 0 Å². The van der Waals surface area contributed by atoms with E-state index in [0.717, 1.165) is 31.2 Å². The monoisotopic (exact) mass is 483 g/mol. The molecule has 1 aromatic rings. The van der Waals surface area contributed by atoms with Crippen LogP contribution in [0.1, 0.15) is 57.9 Å². The van der Waals surface area contributed by atoms with Gasteiger partial charge in [-0.3, -0.25) is 0 Å². The number of aliphatic hydroxyl groups excluding tert-OH is 3. The first-order valence-corrected chi connectivity index (χ1v) is 11.7. The van der Waals surface area contributed by atoms with Crippen molar-refractivity contribution >= 4 is 5.97 Å². The minimum absolute atomic E-state index is 0.0382. The number of hydrogen-bond donors (Lipinski definition) is 6. The normalized spacial score (nSPS) is 29.2. The molecule has 0 unspecified atom stereocenters. The second-order valence-corrected chi connectivity index (χ2v) is 10.1. The van der Waals surface area contributed by atoms with Gasteiger partial charge in [-0.05, 0) is 57.7 Å². The number of aromatic hydroxyl groups is 1. The number of hydrogen-bond acceptors (Lipinski definition) is 9. The van der Waals surface area contributed by atoms with Crippen LogP contribution in [0.5, 0.6) is 11.5 Å². The van der Waals surface area contributed by atoms with E-state index in [-0.39, 0.29) is 24.4 Å². The predicted molar refractivity (Wildman–Crippen MR) is 122 cm³/mol. The van der Waals surface area contributed by atoms with Crippen LogP contribution in [-0.2, 0) is 14.3 Å². The summed E-state index contributed by atoms with van der Waals surface area (Å²) in [5, 5.41) is 52.9. The van der Waals surface area contributed by atoms with Gasteiger partial charge in [0.2, 0.25) is 0 Å². The predicted octanol–water partition coefficient (Wildman–Crippen LogP) is 1.09. The topological polar surface area (TPSA) is 158 Å².